The maximum Gasteiger partial charge on any atom is 0.116 e. The van der Waals surface area contributed by atoms with Gasteiger partial charge in [0.05, 0.1) is 10.2 Å². The molecule has 0 spiro atoms. The molecule has 1 aliphatic heterocycles. The summed E-state index contributed by atoms with van der Waals surface area (Å²) in [4.78, 5) is 12.2. The minimum absolute atomic E-state index is 1.03. The van der Waals surface area contributed by atoms with Crippen molar-refractivity contribution in [1.29, 1.82) is 0 Å². The van der Waals surface area contributed by atoms with Crippen LogP contribution in [0.3, 0.4) is 0 Å². The van der Waals surface area contributed by atoms with Crippen LogP contribution in [0.4, 0.5) is 0 Å². The van der Waals surface area contributed by atoms with Crippen LogP contribution in [0.1, 0.15) is 5.56 Å². The summed E-state index contributed by atoms with van der Waals surface area (Å²) < 4.78 is 1.14. The molecule has 1 aromatic carbocycles. The first-order chi connectivity index (χ1) is 10.9. The summed E-state index contributed by atoms with van der Waals surface area (Å²) in [6.45, 7) is 5.51. The second kappa shape index (κ2) is 6.12. The van der Waals surface area contributed by atoms with E-state index in [1.54, 1.807) is 17.7 Å². The molecule has 3 heterocycles. The molecule has 5 heteroatoms. The molecule has 0 amide bonds. The van der Waals surface area contributed by atoms with Gasteiger partial charge in [-0.2, -0.15) is 0 Å². The van der Waals surface area contributed by atoms with Crippen LogP contribution in [-0.4, -0.2) is 41.0 Å². The zero-order valence-electron chi connectivity index (χ0n) is 12.3. The SMILES string of the molecule is c1ncc2sc(-c3ccc(CN4CCNCC4)cc3)cc2n1. The highest BCUT2D eigenvalue weighted by Gasteiger charge is 2.10. The Morgan fingerprint density at radius 3 is 2.73 bits per heavy atom. The summed E-state index contributed by atoms with van der Waals surface area (Å²) in [5, 5.41) is 3.39. The zero-order chi connectivity index (χ0) is 14.8. The molecule has 112 valence electrons. The van der Waals surface area contributed by atoms with Crippen LogP contribution in [0.15, 0.2) is 42.9 Å². The molecule has 0 radical (unpaired) electrons. The topological polar surface area (TPSA) is 41.1 Å². The van der Waals surface area contributed by atoms with Gasteiger partial charge in [-0.3, -0.25) is 4.90 Å². The van der Waals surface area contributed by atoms with Crippen LogP contribution < -0.4 is 5.32 Å². The van der Waals surface area contributed by atoms with Crippen molar-refractivity contribution in [2.75, 3.05) is 26.2 Å². The van der Waals surface area contributed by atoms with Gasteiger partial charge in [-0.1, -0.05) is 24.3 Å². The molecule has 1 aliphatic rings. The van der Waals surface area contributed by atoms with Crippen molar-refractivity contribution in [3.05, 3.63) is 48.4 Å². The largest absolute Gasteiger partial charge is 0.314 e. The number of nitrogens with zero attached hydrogens (tertiary/aromatic N) is 3. The van der Waals surface area contributed by atoms with Gasteiger partial charge in [0.2, 0.25) is 0 Å². The van der Waals surface area contributed by atoms with Crippen molar-refractivity contribution in [3.63, 3.8) is 0 Å². The highest BCUT2D eigenvalue weighted by Crippen LogP contribution is 2.32. The average molecular weight is 310 g/mol. The molecule has 2 aromatic heterocycles. The number of nitrogens with one attached hydrogen (secondary N) is 1. The van der Waals surface area contributed by atoms with Gasteiger partial charge in [0, 0.05) is 43.8 Å². The summed E-state index contributed by atoms with van der Waals surface area (Å²) in [6.07, 6.45) is 3.49. The molecule has 3 aromatic rings. The second-order valence-corrected chi connectivity index (χ2v) is 6.69. The molecule has 0 saturated carbocycles. The number of thiophene rings is 1. The Labute approximate surface area is 133 Å². The van der Waals surface area contributed by atoms with Crippen LogP contribution in [0.25, 0.3) is 20.7 Å². The number of benzene rings is 1. The van der Waals surface area contributed by atoms with Gasteiger partial charge in [-0.15, -0.1) is 11.3 Å². The number of aromatic nitrogens is 2. The third-order valence-corrected chi connectivity index (χ3v) is 5.16. The van der Waals surface area contributed by atoms with Gasteiger partial charge in [0.1, 0.15) is 6.33 Å². The summed E-state index contributed by atoms with van der Waals surface area (Å²) >= 11 is 1.75. The van der Waals surface area contributed by atoms with E-state index in [9.17, 15) is 0 Å². The molecule has 0 unspecified atom stereocenters. The second-order valence-electron chi connectivity index (χ2n) is 5.61. The number of hydrogen-bond acceptors (Lipinski definition) is 5. The molecule has 1 fully saturated rings. The summed E-state index contributed by atoms with van der Waals surface area (Å²) in [5.74, 6) is 0. The van der Waals surface area contributed by atoms with Crippen LogP contribution in [-0.2, 0) is 6.54 Å². The molecule has 4 nitrogen and oxygen atoms in total. The van der Waals surface area contributed by atoms with E-state index < -0.39 is 0 Å². The van der Waals surface area contributed by atoms with E-state index >= 15 is 0 Å². The fraction of sp³-hybridized carbons (Fsp3) is 0.294. The quantitative estimate of drug-likeness (QED) is 0.807. The first-order valence-electron chi connectivity index (χ1n) is 7.60. The van der Waals surface area contributed by atoms with Crippen LogP contribution in [0.5, 0.6) is 0 Å². The monoisotopic (exact) mass is 310 g/mol. The number of hydrogen-bond donors (Lipinski definition) is 1. The molecule has 1 N–H and O–H groups in total. The molecule has 0 bridgehead atoms. The lowest BCUT2D eigenvalue weighted by atomic mass is 10.1. The van der Waals surface area contributed by atoms with Gasteiger partial charge in [0.15, 0.2) is 0 Å². The fourth-order valence-corrected chi connectivity index (χ4v) is 3.82. The molecule has 22 heavy (non-hydrogen) atoms. The van der Waals surface area contributed by atoms with Gasteiger partial charge >= 0.3 is 0 Å². The van der Waals surface area contributed by atoms with Gasteiger partial charge < -0.3 is 5.32 Å². The summed E-state index contributed by atoms with van der Waals surface area (Å²) in [6, 6.07) is 11.1. The van der Waals surface area contributed by atoms with E-state index in [-0.39, 0.29) is 0 Å². The first kappa shape index (κ1) is 13.8. The third kappa shape index (κ3) is 2.88. The standard InChI is InChI=1S/C17H18N4S/c1-3-14(16-9-15-17(22-16)10-19-12-20-15)4-2-13(1)11-21-7-5-18-6-8-21/h1-4,9-10,12,18H,5-8,11H2. The predicted octanol–water partition coefficient (Wildman–Crippen LogP) is 2.76. The zero-order valence-corrected chi connectivity index (χ0v) is 13.1. The summed E-state index contributed by atoms with van der Waals surface area (Å²) in [7, 11) is 0. The number of fused-ring (bicyclic) bond motifs is 1. The lowest BCUT2D eigenvalue weighted by Gasteiger charge is -2.27. The maximum absolute atomic E-state index is 4.31. The number of piperazine rings is 1. The Hall–Kier alpha value is -1.82. The first-order valence-corrected chi connectivity index (χ1v) is 8.42. The lowest BCUT2D eigenvalue weighted by Crippen LogP contribution is -2.42. The van der Waals surface area contributed by atoms with Crippen LogP contribution in [0.2, 0.25) is 0 Å². The molecular weight excluding hydrogens is 292 g/mol. The van der Waals surface area contributed by atoms with Crippen molar-refractivity contribution in [1.82, 2.24) is 20.2 Å². The normalized spacial score (nSPS) is 16.2. The molecule has 1 saturated heterocycles. The van der Waals surface area contributed by atoms with Gasteiger partial charge in [0.25, 0.3) is 0 Å². The predicted molar refractivity (Wildman–Crippen MR) is 91.0 cm³/mol. The Balaban J connectivity index is 1.53. The van der Waals surface area contributed by atoms with E-state index in [0.29, 0.717) is 0 Å². The lowest BCUT2D eigenvalue weighted by molar-refractivity contribution is 0.233. The fourth-order valence-electron chi connectivity index (χ4n) is 2.83. The third-order valence-electron chi connectivity index (χ3n) is 4.05. The van der Waals surface area contributed by atoms with Crippen molar-refractivity contribution in [3.8, 4) is 10.4 Å². The van der Waals surface area contributed by atoms with E-state index in [4.69, 9.17) is 0 Å². The summed E-state index contributed by atoms with van der Waals surface area (Å²) in [5.41, 5.74) is 3.67. The van der Waals surface area contributed by atoms with Crippen molar-refractivity contribution in [2.45, 2.75) is 6.54 Å². The van der Waals surface area contributed by atoms with E-state index in [2.05, 4.69) is 50.5 Å². The Kier molecular flexibility index (Phi) is 3.84. The van der Waals surface area contributed by atoms with Crippen LogP contribution in [0, 0.1) is 0 Å². The molecule has 0 atom stereocenters. The van der Waals surface area contributed by atoms with Gasteiger partial charge in [-0.05, 0) is 17.2 Å². The minimum atomic E-state index is 1.03. The van der Waals surface area contributed by atoms with E-state index in [1.165, 1.54) is 16.0 Å². The Morgan fingerprint density at radius 1 is 1.14 bits per heavy atom. The van der Waals surface area contributed by atoms with Crippen LogP contribution >= 0.6 is 11.3 Å². The van der Waals surface area contributed by atoms with Crippen molar-refractivity contribution in [2.24, 2.45) is 0 Å². The minimum Gasteiger partial charge on any atom is -0.314 e. The van der Waals surface area contributed by atoms with Crippen molar-refractivity contribution >= 4 is 21.6 Å². The molecule has 0 aliphatic carbocycles. The Bertz CT molecular complexity index is 727. The van der Waals surface area contributed by atoms with E-state index in [0.717, 1.165) is 42.9 Å². The highest BCUT2D eigenvalue weighted by atomic mass is 32.1. The molecular formula is C17H18N4S. The van der Waals surface area contributed by atoms with Gasteiger partial charge in [-0.25, -0.2) is 9.97 Å². The highest BCUT2D eigenvalue weighted by molar-refractivity contribution is 7.22. The van der Waals surface area contributed by atoms with Crippen molar-refractivity contribution < 1.29 is 0 Å². The maximum atomic E-state index is 4.31. The number of rotatable bonds is 3. The van der Waals surface area contributed by atoms with E-state index in [1.807, 2.05) is 6.20 Å². The average Bonchev–Trinajstić information content (AvgIpc) is 3.00. The smallest absolute Gasteiger partial charge is 0.116 e. The molecule has 4 rings (SSSR count). The Morgan fingerprint density at radius 2 is 1.95 bits per heavy atom.